The van der Waals surface area contributed by atoms with Crippen molar-refractivity contribution in [3.63, 3.8) is 0 Å². The third kappa shape index (κ3) is 4.17. The molecule has 1 unspecified atom stereocenters. The normalized spacial score (nSPS) is 17.0. The number of benzene rings is 2. The van der Waals surface area contributed by atoms with Crippen LogP contribution < -0.4 is 0 Å². The van der Waals surface area contributed by atoms with Gasteiger partial charge in [-0.05, 0) is 37.1 Å². The van der Waals surface area contributed by atoms with Crippen LogP contribution in [-0.4, -0.2) is 39.6 Å². The van der Waals surface area contributed by atoms with Gasteiger partial charge in [-0.2, -0.15) is 0 Å². The Balaban J connectivity index is 1.36. The average Bonchev–Trinajstić information content (AvgIpc) is 3.17. The number of rotatable bonds is 5. The Labute approximate surface area is 172 Å². The van der Waals surface area contributed by atoms with Crippen LogP contribution >= 0.6 is 15.9 Å². The first-order valence-corrected chi connectivity index (χ1v) is 10.4. The van der Waals surface area contributed by atoms with Crippen LogP contribution in [0.2, 0.25) is 0 Å². The summed E-state index contributed by atoms with van der Waals surface area (Å²) in [7, 11) is 0. The summed E-state index contributed by atoms with van der Waals surface area (Å²) in [6.45, 7) is 1.41. The molecule has 1 saturated heterocycles. The molecule has 1 aliphatic rings. The summed E-state index contributed by atoms with van der Waals surface area (Å²) in [6, 6.07) is 15.2. The van der Waals surface area contributed by atoms with Gasteiger partial charge < -0.3 is 9.88 Å². The summed E-state index contributed by atoms with van der Waals surface area (Å²) in [5.74, 6) is 1.22. The number of ketones is 1. The van der Waals surface area contributed by atoms with Crippen LogP contribution in [0, 0.1) is 0 Å². The second-order valence-corrected chi connectivity index (χ2v) is 8.16. The first-order chi connectivity index (χ1) is 13.6. The summed E-state index contributed by atoms with van der Waals surface area (Å²) < 4.78 is 0.935. The molecule has 1 aliphatic heterocycles. The smallest absolute Gasteiger partial charge is 0.223 e. The molecular formula is C22H22BrN3O2. The highest BCUT2D eigenvalue weighted by atomic mass is 79.9. The highest BCUT2D eigenvalue weighted by Gasteiger charge is 2.27. The van der Waals surface area contributed by atoms with Crippen molar-refractivity contribution in [1.29, 1.82) is 0 Å². The molecule has 0 bridgehead atoms. The Morgan fingerprint density at radius 3 is 2.68 bits per heavy atom. The lowest BCUT2D eigenvalue weighted by atomic mass is 9.96. The highest BCUT2D eigenvalue weighted by Crippen LogP contribution is 2.27. The third-order valence-electron chi connectivity index (χ3n) is 5.30. The maximum Gasteiger partial charge on any atom is 0.223 e. The Bertz CT molecular complexity index is 963. The summed E-state index contributed by atoms with van der Waals surface area (Å²) >= 11 is 3.37. The van der Waals surface area contributed by atoms with Gasteiger partial charge in [-0.1, -0.05) is 40.2 Å². The number of likely N-dealkylation sites (tertiary alicyclic amines) is 1. The second-order valence-electron chi connectivity index (χ2n) is 7.25. The Kier molecular flexibility index (Phi) is 5.57. The number of fused-ring (bicyclic) bond motifs is 1. The molecule has 0 radical (unpaired) electrons. The van der Waals surface area contributed by atoms with E-state index in [2.05, 4.69) is 20.9 Å². The van der Waals surface area contributed by atoms with Crippen molar-refractivity contribution < 1.29 is 9.59 Å². The largest absolute Gasteiger partial charge is 0.342 e. The standard InChI is InChI=1S/C22H22BrN3O2/c23-17-9-7-15(8-10-17)20(27)11-12-21(28)26-13-3-4-16(14-26)22-24-18-5-1-2-6-19(18)25-22/h1-2,5-10,16H,3-4,11-14H2,(H,24,25). The van der Waals surface area contributed by atoms with E-state index in [-0.39, 0.29) is 30.4 Å². The molecule has 2 aromatic carbocycles. The Hall–Kier alpha value is -2.47. The predicted molar refractivity (Wildman–Crippen MR) is 112 cm³/mol. The zero-order valence-electron chi connectivity index (χ0n) is 15.5. The van der Waals surface area contributed by atoms with Crippen LogP contribution in [0.5, 0.6) is 0 Å². The number of carbonyl (C=O) groups excluding carboxylic acids is 2. The number of hydrogen-bond acceptors (Lipinski definition) is 3. The van der Waals surface area contributed by atoms with E-state index in [4.69, 9.17) is 4.98 Å². The number of imidazole rings is 1. The van der Waals surface area contributed by atoms with E-state index in [0.29, 0.717) is 12.1 Å². The first kappa shape index (κ1) is 18.9. The van der Waals surface area contributed by atoms with Crippen molar-refractivity contribution in [1.82, 2.24) is 14.9 Å². The maximum atomic E-state index is 12.7. The van der Waals surface area contributed by atoms with Crippen molar-refractivity contribution in [2.75, 3.05) is 13.1 Å². The quantitative estimate of drug-likeness (QED) is 0.586. The van der Waals surface area contributed by atoms with Gasteiger partial charge in [0.2, 0.25) is 5.91 Å². The van der Waals surface area contributed by atoms with Gasteiger partial charge in [0.25, 0.3) is 0 Å². The average molecular weight is 440 g/mol. The molecule has 2 heterocycles. The molecule has 0 spiro atoms. The van der Waals surface area contributed by atoms with Gasteiger partial charge in [0.15, 0.2) is 5.78 Å². The molecule has 3 aromatic rings. The number of H-pyrrole nitrogens is 1. The molecule has 0 saturated carbocycles. The molecule has 144 valence electrons. The minimum Gasteiger partial charge on any atom is -0.342 e. The fourth-order valence-corrected chi connectivity index (χ4v) is 4.02. The molecular weight excluding hydrogens is 418 g/mol. The number of carbonyl (C=O) groups is 2. The number of hydrogen-bond donors (Lipinski definition) is 1. The molecule has 28 heavy (non-hydrogen) atoms. The fourth-order valence-electron chi connectivity index (χ4n) is 3.75. The SMILES string of the molecule is O=C(CCC(=O)N1CCCC(c2nc3ccccc3[nH]2)C1)c1ccc(Br)cc1. The fraction of sp³-hybridized carbons (Fsp3) is 0.318. The van der Waals surface area contributed by atoms with Gasteiger partial charge in [0.05, 0.1) is 11.0 Å². The number of amides is 1. The number of nitrogens with one attached hydrogen (secondary N) is 1. The van der Waals surface area contributed by atoms with Gasteiger partial charge in [0.1, 0.15) is 5.82 Å². The van der Waals surface area contributed by atoms with Crippen molar-refractivity contribution in [2.24, 2.45) is 0 Å². The van der Waals surface area contributed by atoms with Crippen LogP contribution in [0.4, 0.5) is 0 Å². The van der Waals surface area contributed by atoms with E-state index in [9.17, 15) is 9.59 Å². The van der Waals surface area contributed by atoms with Gasteiger partial charge >= 0.3 is 0 Å². The lowest BCUT2D eigenvalue weighted by Gasteiger charge is -2.32. The molecule has 1 aromatic heterocycles. The predicted octanol–water partition coefficient (Wildman–Crippen LogP) is 4.69. The molecule has 0 aliphatic carbocycles. The van der Waals surface area contributed by atoms with Crippen LogP contribution in [0.15, 0.2) is 53.0 Å². The molecule has 1 amide bonds. The van der Waals surface area contributed by atoms with Crippen LogP contribution in [0.3, 0.4) is 0 Å². The van der Waals surface area contributed by atoms with E-state index in [1.807, 2.05) is 41.3 Å². The van der Waals surface area contributed by atoms with Crippen molar-refractivity contribution in [3.8, 4) is 0 Å². The first-order valence-electron chi connectivity index (χ1n) is 9.61. The van der Waals surface area contributed by atoms with Gasteiger partial charge in [-0.3, -0.25) is 9.59 Å². The zero-order chi connectivity index (χ0) is 19.5. The number of nitrogens with zero attached hydrogens (tertiary/aromatic N) is 2. The van der Waals surface area contributed by atoms with E-state index >= 15 is 0 Å². The number of aromatic nitrogens is 2. The minimum absolute atomic E-state index is 0.00620. The summed E-state index contributed by atoms with van der Waals surface area (Å²) in [5, 5.41) is 0. The molecule has 1 fully saturated rings. The second kappa shape index (κ2) is 8.27. The Morgan fingerprint density at radius 2 is 1.89 bits per heavy atom. The molecule has 5 nitrogen and oxygen atoms in total. The highest BCUT2D eigenvalue weighted by molar-refractivity contribution is 9.10. The topological polar surface area (TPSA) is 66.1 Å². The van der Waals surface area contributed by atoms with Crippen LogP contribution in [-0.2, 0) is 4.79 Å². The summed E-state index contributed by atoms with van der Waals surface area (Å²) in [6.07, 6.45) is 2.46. The van der Waals surface area contributed by atoms with Gasteiger partial charge in [0, 0.05) is 41.9 Å². The van der Waals surface area contributed by atoms with Crippen LogP contribution in [0.1, 0.15) is 47.8 Å². The molecule has 6 heteroatoms. The lowest BCUT2D eigenvalue weighted by molar-refractivity contribution is -0.132. The maximum absolute atomic E-state index is 12.7. The van der Waals surface area contributed by atoms with E-state index in [1.165, 1.54) is 0 Å². The number of halogens is 1. The van der Waals surface area contributed by atoms with E-state index < -0.39 is 0 Å². The Morgan fingerprint density at radius 1 is 1.11 bits per heavy atom. The van der Waals surface area contributed by atoms with Gasteiger partial charge in [-0.25, -0.2) is 4.98 Å². The van der Waals surface area contributed by atoms with E-state index in [1.54, 1.807) is 12.1 Å². The molecule has 1 N–H and O–H groups in total. The molecule has 4 rings (SSSR count). The summed E-state index contributed by atoms with van der Waals surface area (Å²) in [4.78, 5) is 35.0. The van der Waals surface area contributed by atoms with Gasteiger partial charge in [-0.15, -0.1) is 0 Å². The molecule has 1 atom stereocenters. The van der Waals surface area contributed by atoms with E-state index in [0.717, 1.165) is 40.7 Å². The van der Waals surface area contributed by atoms with Crippen molar-refractivity contribution in [3.05, 3.63) is 64.4 Å². The number of aromatic amines is 1. The van der Waals surface area contributed by atoms with Crippen molar-refractivity contribution >= 4 is 38.7 Å². The zero-order valence-corrected chi connectivity index (χ0v) is 17.1. The van der Waals surface area contributed by atoms with Crippen molar-refractivity contribution in [2.45, 2.75) is 31.6 Å². The number of Topliss-reactive ketones (excluding diaryl/α,β-unsaturated/α-hetero) is 1. The third-order valence-corrected chi connectivity index (χ3v) is 5.83. The number of para-hydroxylation sites is 2. The summed E-state index contributed by atoms with van der Waals surface area (Å²) in [5.41, 5.74) is 2.64. The minimum atomic E-state index is 0.00620. The number of piperidine rings is 1. The monoisotopic (exact) mass is 439 g/mol. The van der Waals surface area contributed by atoms with Crippen LogP contribution in [0.25, 0.3) is 11.0 Å². The lowest BCUT2D eigenvalue weighted by Crippen LogP contribution is -2.39.